The minimum absolute atomic E-state index is 0.265. The van der Waals surface area contributed by atoms with Gasteiger partial charge in [0.25, 0.3) is 17.6 Å². The van der Waals surface area contributed by atoms with Gasteiger partial charge in [0.15, 0.2) is 6.61 Å². The molecule has 0 atom stereocenters. The van der Waals surface area contributed by atoms with Gasteiger partial charge in [0.1, 0.15) is 6.54 Å². The van der Waals surface area contributed by atoms with Crippen LogP contribution in [0.5, 0.6) is 0 Å². The average molecular weight is 378 g/mol. The summed E-state index contributed by atoms with van der Waals surface area (Å²) in [5.74, 6) is -2.47. The van der Waals surface area contributed by atoms with Crippen molar-refractivity contribution in [2.75, 3.05) is 29.5 Å². The van der Waals surface area contributed by atoms with E-state index in [-0.39, 0.29) is 11.5 Å². The highest BCUT2D eigenvalue weighted by molar-refractivity contribution is 6.52. The Balaban J connectivity index is 1.39. The second kappa shape index (κ2) is 7.26. The molecule has 0 N–H and O–H groups in total. The normalized spacial score (nSPS) is 15.3. The fourth-order valence-corrected chi connectivity index (χ4v) is 3.59. The summed E-state index contributed by atoms with van der Waals surface area (Å²) in [7, 11) is 0. The third-order valence-corrected chi connectivity index (χ3v) is 4.93. The number of benzene rings is 2. The van der Waals surface area contributed by atoms with Crippen LogP contribution in [0.15, 0.2) is 48.5 Å². The van der Waals surface area contributed by atoms with Crippen LogP contribution < -0.4 is 9.80 Å². The Bertz CT molecular complexity index is 984. The van der Waals surface area contributed by atoms with Gasteiger partial charge in [-0.05, 0) is 36.6 Å². The van der Waals surface area contributed by atoms with Crippen LogP contribution in [-0.4, -0.2) is 43.3 Å². The molecule has 7 heteroatoms. The van der Waals surface area contributed by atoms with Crippen LogP contribution in [-0.2, 0) is 25.5 Å². The van der Waals surface area contributed by atoms with Gasteiger partial charge in [-0.25, -0.2) is 0 Å². The molecule has 0 bridgehead atoms. The molecule has 0 saturated carbocycles. The largest absolute Gasteiger partial charge is 0.454 e. The number of Topliss-reactive ketones (excluding diaryl/α,β-unsaturated/α-hetero) is 1. The molecule has 0 spiro atoms. The summed E-state index contributed by atoms with van der Waals surface area (Å²) >= 11 is 0. The van der Waals surface area contributed by atoms with Crippen molar-refractivity contribution < 1.29 is 23.9 Å². The Hall–Kier alpha value is -3.48. The van der Waals surface area contributed by atoms with Gasteiger partial charge < -0.3 is 9.64 Å². The monoisotopic (exact) mass is 378 g/mol. The maximum absolute atomic E-state index is 12.5. The van der Waals surface area contributed by atoms with Gasteiger partial charge in [0.05, 0.1) is 11.3 Å². The smallest absolute Gasteiger partial charge is 0.326 e. The Morgan fingerprint density at radius 1 is 0.964 bits per heavy atom. The van der Waals surface area contributed by atoms with E-state index in [0.29, 0.717) is 12.2 Å². The minimum Gasteiger partial charge on any atom is -0.454 e. The predicted octanol–water partition coefficient (Wildman–Crippen LogP) is 1.74. The van der Waals surface area contributed by atoms with Crippen molar-refractivity contribution >= 4 is 34.9 Å². The van der Waals surface area contributed by atoms with Crippen molar-refractivity contribution in [1.29, 1.82) is 0 Å². The number of nitrogens with zero attached hydrogens (tertiary/aromatic N) is 2. The lowest BCUT2D eigenvalue weighted by Gasteiger charge is -2.29. The molecule has 2 aliphatic rings. The van der Waals surface area contributed by atoms with Crippen LogP contribution in [0.2, 0.25) is 0 Å². The number of carbonyl (C=O) groups excluding carboxylic acids is 4. The molecular formula is C21H18N2O5. The summed E-state index contributed by atoms with van der Waals surface area (Å²) in [6.07, 6.45) is 1.75. The van der Waals surface area contributed by atoms with Crippen LogP contribution in [0.3, 0.4) is 0 Å². The highest BCUT2D eigenvalue weighted by Gasteiger charge is 2.36. The van der Waals surface area contributed by atoms with Crippen molar-refractivity contribution in [3.8, 4) is 0 Å². The SMILES string of the molecule is O=C(CN1C(=O)C(=O)c2ccccc21)OCC(=O)N1CCCc2ccccc21. The van der Waals surface area contributed by atoms with Crippen LogP contribution in [0.4, 0.5) is 11.4 Å². The summed E-state index contributed by atoms with van der Waals surface area (Å²) in [6.45, 7) is -0.254. The van der Waals surface area contributed by atoms with Crippen LogP contribution in [0.25, 0.3) is 0 Å². The third-order valence-electron chi connectivity index (χ3n) is 4.93. The molecule has 0 aliphatic carbocycles. The molecule has 2 heterocycles. The van der Waals surface area contributed by atoms with E-state index < -0.39 is 30.8 Å². The highest BCUT2D eigenvalue weighted by atomic mass is 16.5. The molecule has 28 heavy (non-hydrogen) atoms. The van der Waals surface area contributed by atoms with E-state index in [4.69, 9.17) is 4.74 Å². The first-order valence-electron chi connectivity index (χ1n) is 9.05. The van der Waals surface area contributed by atoms with Gasteiger partial charge in [-0.3, -0.25) is 24.1 Å². The molecule has 2 amide bonds. The fourth-order valence-electron chi connectivity index (χ4n) is 3.59. The van der Waals surface area contributed by atoms with Crippen LogP contribution in [0.1, 0.15) is 22.3 Å². The zero-order valence-corrected chi connectivity index (χ0v) is 15.1. The molecule has 2 aliphatic heterocycles. The van der Waals surface area contributed by atoms with E-state index in [1.807, 2.05) is 24.3 Å². The number of fused-ring (bicyclic) bond motifs is 2. The van der Waals surface area contributed by atoms with Crippen LogP contribution >= 0.6 is 0 Å². The molecule has 0 fully saturated rings. The second-order valence-electron chi connectivity index (χ2n) is 6.68. The summed E-state index contributed by atoms with van der Waals surface area (Å²) in [4.78, 5) is 51.5. The topological polar surface area (TPSA) is 84.0 Å². The van der Waals surface area contributed by atoms with Crippen molar-refractivity contribution in [2.45, 2.75) is 12.8 Å². The Morgan fingerprint density at radius 3 is 2.50 bits per heavy atom. The maximum atomic E-state index is 12.5. The van der Waals surface area contributed by atoms with Gasteiger partial charge in [-0.1, -0.05) is 30.3 Å². The van der Waals surface area contributed by atoms with Crippen LogP contribution in [0, 0.1) is 0 Å². The standard InChI is InChI=1S/C21H18N2O5/c24-18(22-11-5-7-14-6-1-3-9-16(14)22)13-28-19(25)12-23-17-10-4-2-8-15(17)20(26)21(23)27/h1-4,6,8-10H,5,7,11-13H2. The van der Waals surface area contributed by atoms with Crippen molar-refractivity contribution in [2.24, 2.45) is 0 Å². The second-order valence-corrected chi connectivity index (χ2v) is 6.68. The van der Waals surface area contributed by atoms with Gasteiger partial charge in [0, 0.05) is 12.2 Å². The summed E-state index contributed by atoms with van der Waals surface area (Å²) < 4.78 is 5.10. The molecular weight excluding hydrogens is 360 g/mol. The molecule has 2 aromatic carbocycles. The molecule has 2 aromatic rings. The van der Waals surface area contributed by atoms with E-state index in [1.54, 1.807) is 23.1 Å². The van der Waals surface area contributed by atoms with E-state index >= 15 is 0 Å². The Labute approximate surface area is 161 Å². The molecule has 7 nitrogen and oxygen atoms in total. The summed E-state index contributed by atoms with van der Waals surface area (Å²) in [5, 5.41) is 0. The minimum atomic E-state index is -0.769. The van der Waals surface area contributed by atoms with E-state index in [9.17, 15) is 19.2 Å². The Morgan fingerprint density at radius 2 is 1.68 bits per heavy atom. The number of esters is 1. The first kappa shape index (κ1) is 17.9. The number of carbonyl (C=O) groups is 4. The van der Waals surface area contributed by atoms with Gasteiger partial charge in [-0.2, -0.15) is 0 Å². The Kier molecular flexibility index (Phi) is 4.65. The van der Waals surface area contributed by atoms with Gasteiger partial charge in [0.2, 0.25) is 0 Å². The zero-order valence-electron chi connectivity index (χ0n) is 15.1. The number of aryl methyl sites for hydroxylation is 1. The first-order valence-corrected chi connectivity index (χ1v) is 9.05. The molecule has 0 unspecified atom stereocenters. The molecule has 0 saturated heterocycles. The van der Waals surface area contributed by atoms with E-state index in [1.165, 1.54) is 6.07 Å². The van der Waals surface area contributed by atoms with Gasteiger partial charge >= 0.3 is 5.97 Å². The molecule has 4 rings (SSSR count). The van der Waals surface area contributed by atoms with E-state index in [0.717, 1.165) is 29.0 Å². The van der Waals surface area contributed by atoms with Crippen molar-refractivity contribution in [1.82, 2.24) is 0 Å². The van der Waals surface area contributed by atoms with Gasteiger partial charge in [-0.15, -0.1) is 0 Å². The van der Waals surface area contributed by atoms with Crippen molar-refractivity contribution in [3.05, 3.63) is 59.7 Å². The predicted molar refractivity (Wildman–Crippen MR) is 101 cm³/mol. The lowest BCUT2D eigenvalue weighted by molar-refractivity contribution is -0.146. The number of para-hydroxylation sites is 2. The average Bonchev–Trinajstić information content (AvgIpc) is 2.96. The fraction of sp³-hybridized carbons (Fsp3) is 0.238. The van der Waals surface area contributed by atoms with E-state index in [2.05, 4.69) is 0 Å². The summed E-state index contributed by atoms with van der Waals surface area (Å²) in [6, 6.07) is 14.1. The number of hydrogen-bond acceptors (Lipinski definition) is 5. The lowest BCUT2D eigenvalue weighted by atomic mass is 10.0. The zero-order chi connectivity index (χ0) is 19.7. The third kappa shape index (κ3) is 3.15. The quantitative estimate of drug-likeness (QED) is 0.598. The van der Waals surface area contributed by atoms with Crippen molar-refractivity contribution in [3.63, 3.8) is 0 Å². The number of hydrogen-bond donors (Lipinski definition) is 0. The number of ether oxygens (including phenoxy) is 1. The number of amides is 2. The lowest BCUT2D eigenvalue weighted by Crippen LogP contribution is -2.40. The molecule has 0 aromatic heterocycles. The molecule has 0 radical (unpaired) electrons. The highest BCUT2D eigenvalue weighted by Crippen LogP contribution is 2.28. The number of ketones is 1. The summed E-state index contributed by atoms with van der Waals surface area (Å²) in [5.41, 5.74) is 2.57. The number of anilines is 2. The first-order chi connectivity index (χ1) is 13.6. The maximum Gasteiger partial charge on any atom is 0.326 e. The molecule has 142 valence electrons. The number of rotatable bonds is 4.